The summed E-state index contributed by atoms with van der Waals surface area (Å²) in [6.07, 6.45) is 2.09. The van der Waals surface area contributed by atoms with Gasteiger partial charge < -0.3 is 10.1 Å². The molecule has 1 heterocycles. The number of hydrogen-bond donors (Lipinski definition) is 1. The van der Waals surface area contributed by atoms with Gasteiger partial charge in [-0.3, -0.25) is 0 Å². The number of nitrogens with one attached hydrogen (secondary N) is 1. The minimum absolute atomic E-state index is 0.792. The van der Waals surface area contributed by atoms with Crippen LogP contribution >= 0.6 is 34.9 Å². The van der Waals surface area contributed by atoms with E-state index in [1.165, 1.54) is 10.5 Å². The quantitative estimate of drug-likeness (QED) is 0.565. The van der Waals surface area contributed by atoms with Crippen LogP contribution in [0.3, 0.4) is 0 Å². The summed E-state index contributed by atoms with van der Waals surface area (Å²) in [5.74, 6) is 1.73. The summed E-state index contributed by atoms with van der Waals surface area (Å²) in [4.78, 5) is 1.28. The Hall–Kier alpha value is -1.70. The number of anilines is 2. The summed E-state index contributed by atoms with van der Waals surface area (Å²) < 4.78 is 6.11. The van der Waals surface area contributed by atoms with Crippen molar-refractivity contribution < 1.29 is 4.74 Å². The molecule has 2 aromatic carbocycles. The maximum absolute atomic E-state index is 5.15. The second-order valence-corrected chi connectivity index (χ2v) is 7.94. The Balaban J connectivity index is 1.56. The zero-order chi connectivity index (χ0) is 16.8. The van der Waals surface area contributed by atoms with E-state index in [2.05, 4.69) is 46.0 Å². The van der Waals surface area contributed by atoms with E-state index in [9.17, 15) is 0 Å². The van der Waals surface area contributed by atoms with Crippen molar-refractivity contribution >= 4 is 45.7 Å². The minimum Gasteiger partial charge on any atom is -0.497 e. The Morgan fingerprint density at radius 2 is 1.79 bits per heavy atom. The lowest BCUT2D eigenvalue weighted by molar-refractivity contribution is 0.415. The Morgan fingerprint density at radius 3 is 2.46 bits per heavy atom. The monoisotopic (exact) mass is 375 g/mol. The molecular formula is C17H17N3OS3. The molecular weight excluding hydrogens is 358 g/mol. The number of ether oxygens (including phenoxy) is 1. The third kappa shape index (κ3) is 4.66. The maximum Gasteiger partial charge on any atom is 0.210 e. The molecule has 1 N–H and O–H groups in total. The van der Waals surface area contributed by atoms with Crippen LogP contribution in [0.2, 0.25) is 0 Å². The molecule has 0 aliphatic rings. The molecule has 124 valence electrons. The van der Waals surface area contributed by atoms with Crippen LogP contribution in [0, 0.1) is 0 Å². The predicted octanol–water partition coefficient (Wildman–Crippen LogP) is 5.30. The highest BCUT2D eigenvalue weighted by molar-refractivity contribution is 8.00. The van der Waals surface area contributed by atoms with E-state index in [1.807, 2.05) is 24.3 Å². The van der Waals surface area contributed by atoms with Crippen LogP contribution in [0.4, 0.5) is 10.8 Å². The maximum atomic E-state index is 5.15. The van der Waals surface area contributed by atoms with Gasteiger partial charge >= 0.3 is 0 Å². The van der Waals surface area contributed by atoms with E-state index >= 15 is 0 Å². The van der Waals surface area contributed by atoms with Gasteiger partial charge in [-0.2, -0.15) is 0 Å². The molecule has 0 saturated carbocycles. The number of aromatic nitrogens is 2. The van der Waals surface area contributed by atoms with E-state index in [1.54, 1.807) is 42.0 Å². The Bertz CT molecular complexity index is 773. The predicted molar refractivity (Wildman–Crippen MR) is 104 cm³/mol. The van der Waals surface area contributed by atoms with Crippen molar-refractivity contribution in [2.75, 3.05) is 18.7 Å². The number of methoxy groups -OCH3 is 1. The van der Waals surface area contributed by atoms with Crippen molar-refractivity contribution in [3.05, 3.63) is 54.1 Å². The fourth-order valence-corrected chi connectivity index (χ4v) is 4.12. The van der Waals surface area contributed by atoms with Crippen molar-refractivity contribution in [1.29, 1.82) is 0 Å². The first kappa shape index (κ1) is 17.1. The third-order valence-corrected chi connectivity index (χ3v) is 6.06. The first-order valence-corrected chi connectivity index (χ1v) is 10.3. The lowest BCUT2D eigenvalue weighted by Crippen LogP contribution is -1.89. The summed E-state index contributed by atoms with van der Waals surface area (Å²) >= 11 is 5.02. The van der Waals surface area contributed by atoms with Crippen molar-refractivity contribution in [3.8, 4) is 5.75 Å². The molecule has 0 saturated heterocycles. The van der Waals surface area contributed by atoms with Gasteiger partial charge in [0.2, 0.25) is 5.13 Å². The highest BCUT2D eigenvalue weighted by Crippen LogP contribution is 2.30. The third-order valence-electron chi connectivity index (χ3n) is 3.27. The van der Waals surface area contributed by atoms with Crippen LogP contribution in [-0.2, 0) is 5.75 Å². The molecule has 0 aliphatic carbocycles. The zero-order valence-corrected chi connectivity index (χ0v) is 15.8. The summed E-state index contributed by atoms with van der Waals surface area (Å²) in [6, 6.07) is 16.4. The number of thioether (sulfide) groups is 2. The van der Waals surface area contributed by atoms with Crippen molar-refractivity contribution in [1.82, 2.24) is 10.2 Å². The molecule has 3 rings (SSSR count). The van der Waals surface area contributed by atoms with Crippen LogP contribution < -0.4 is 10.1 Å². The van der Waals surface area contributed by atoms with Crippen molar-refractivity contribution in [2.24, 2.45) is 0 Å². The summed E-state index contributed by atoms with van der Waals surface area (Å²) in [6.45, 7) is 0. The molecule has 24 heavy (non-hydrogen) atoms. The standard InChI is InChI=1S/C17H17N3OS3/c1-21-14-7-5-13(6-8-14)18-16-19-20-17(24-16)23-11-12-3-9-15(22-2)10-4-12/h3-10H,11H2,1-2H3,(H,18,19). The van der Waals surface area contributed by atoms with Crippen molar-refractivity contribution in [2.45, 2.75) is 15.0 Å². The number of benzene rings is 2. The number of nitrogens with zero attached hydrogens (tertiary/aromatic N) is 2. The Morgan fingerprint density at radius 1 is 1.04 bits per heavy atom. The molecule has 0 aliphatic heterocycles. The van der Waals surface area contributed by atoms with Crippen LogP contribution in [0.15, 0.2) is 57.8 Å². The average molecular weight is 376 g/mol. The van der Waals surface area contributed by atoms with Gasteiger partial charge in [-0.25, -0.2) is 0 Å². The van der Waals surface area contributed by atoms with Gasteiger partial charge in [0.15, 0.2) is 4.34 Å². The van der Waals surface area contributed by atoms with Crippen LogP contribution in [0.5, 0.6) is 5.75 Å². The fraction of sp³-hybridized carbons (Fsp3) is 0.176. The molecule has 0 atom stereocenters. The van der Waals surface area contributed by atoms with Gasteiger partial charge in [0.25, 0.3) is 0 Å². The largest absolute Gasteiger partial charge is 0.497 e. The van der Waals surface area contributed by atoms with Gasteiger partial charge in [-0.15, -0.1) is 22.0 Å². The van der Waals surface area contributed by atoms with Gasteiger partial charge in [-0.1, -0.05) is 35.2 Å². The molecule has 0 radical (unpaired) electrons. The van der Waals surface area contributed by atoms with Crippen molar-refractivity contribution in [3.63, 3.8) is 0 Å². The molecule has 0 bridgehead atoms. The molecule has 0 spiro atoms. The van der Waals surface area contributed by atoms with Gasteiger partial charge in [-0.05, 0) is 48.2 Å². The first-order chi connectivity index (χ1) is 11.8. The summed E-state index contributed by atoms with van der Waals surface area (Å²) in [5, 5.41) is 12.5. The molecule has 0 amide bonds. The second kappa shape index (κ2) is 8.41. The lowest BCUT2D eigenvalue weighted by atomic mass is 10.2. The van der Waals surface area contributed by atoms with Crippen LogP contribution in [0.1, 0.15) is 5.56 Å². The molecule has 1 aromatic heterocycles. The smallest absolute Gasteiger partial charge is 0.210 e. The molecule has 0 fully saturated rings. The topological polar surface area (TPSA) is 47.0 Å². The molecule has 4 nitrogen and oxygen atoms in total. The van der Waals surface area contributed by atoms with E-state index in [0.717, 1.165) is 26.7 Å². The van der Waals surface area contributed by atoms with Gasteiger partial charge in [0.05, 0.1) is 7.11 Å². The molecule has 0 unspecified atom stereocenters. The number of hydrogen-bond acceptors (Lipinski definition) is 7. The lowest BCUT2D eigenvalue weighted by Gasteiger charge is -2.03. The summed E-state index contributed by atoms with van der Waals surface area (Å²) in [7, 11) is 1.66. The average Bonchev–Trinajstić information content (AvgIpc) is 3.08. The second-order valence-electron chi connectivity index (χ2n) is 4.86. The summed E-state index contributed by atoms with van der Waals surface area (Å²) in [5.41, 5.74) is 2.26. The highest BCUT2D eigenvalue weighted by Gasteiger charge is 2.06. The van der Waals surface area contributed by atoms with Crippen LogP contribution in [-0.4, -0.2) is 23.6 Å². The number of rotatable bonds is 7. The van der Waals surface area contributed by atoms with E-state index < -0.39 is 0 Å². The normalized spacial score (nSPS) is 10.6. The fourth-order valence-electron chi connectivity index (χ4n) is 1.98. The Kier molecular flexibility index (Phi) is 6.01. The minimum atomic E-state index is 0.792. The van der Waals surface area contributed by atoms with E-state index in [-0.39, 0.29) is 0 Å². The van der Waals surface area contributed by atoms with Crippen LogP contribution in [0.25, 0.3) is 0 Å². The SMILES string of the molecule is COc1ccc(Nc2nnc(SCc3ccc(SC)cc3)s2)cc1. The molecule has 7 heteroatoms. The Labute approximate surface area is 154 Å². The zero-order valence-electron chi connectivity index (χ0n) is 13.4. The first-order valence-electron chi connectivity index (χ1n) is 7.27. The highest BCUT2D eigenvalue weighted by atomic mass is 32.2. The van der Waals surface area contributed by atoms with Gasteiger partial charge in [0, 0.05) is 16.3 Å². The van der Waals surface area contributed by atoms with E-state index in [4.69, 9.17) is 4.74 Å². The van der Waals surface area contributed by atoms with Gasteiger partial charge in [0.1, 0.15) is 5.75 Å². The van der Waals surface area contributed by atoms with E-state index in [0.29, 0.717) is 0 Å². The molecule has 3 aromatic rings.